The molecule has 0 amide bonds. The number of hydrogen-bond acceptors (Lipinski definition) is 0. The van der Waals surface area contributed by atoms with E-state index in [-0.39, 0.29) is 0 Å². The van der Waals surface area contributed by atoms with Crippen molar-refractivity contribution >= 4 is 10.8 Å². The van der Waals surface area contributed by atoms with E-state index in [1.807, 2.05) is 0 Å². The molecule has 0 N–H and O–H groups in total. The number of hydrogen-bond donors (Lipinski definition) is 0. The highest BCUT2D eigenvalue weighted by atomic mass is 14.2. The van der Waals surface area contributed by atoms with Gasteiger partial charge in [-0.2, -0.15) is 0 Å². The average molecular weight is 292 g/mol. The smallest absolute Gasteiger partial charge is 0.00264 e. The fourth-order valence-electron chi connectivity index (χ4n) is 3.80. The minimum atomic E-state index is 1.29. The molecule has 0 aromatic heterocycles. The molecule has 0 fully saturated rings. The first-order valence-electron chi connectivity index (χ1n) is 8.05. The quantitative estimate of drug-likeness (QED) is 0.332. The van der Waals surface area contributed by atoms with Crippen LogP contribution in [-0.2, 0) is 0 Å². The Hall–Kier alpha value is -2.86. The second-order valence-electron chi connectivity index (χ2n) is 6.34. The third-order valence-corrected chi connectivity index (χ3v) is 4.86. The van der Waals surface area contributed by atoms with Crippen molar-refractivity contribution in [2.24, 2.45) is 0 Å². The molecule has 4 aromatic rings. The van der Waals surface area contributed by atoms with Gasteiger partial charge in [-0.15, -0.1) is 0 Å². The van der Waals surface area contributed by atoms with Crippen LogP contribution in [0.2, 0.25) is 0 Å². The van der Waals surface area contributed by atoms with E-state index in [2.05, 4.69) is 85.8 Å². The summed E-state index contributed by atoms with van der Waals surface area (Å²) in [5.41, 5.74) is 9.32. The summed E-state index contributed by atoms with van der Waals surface area (Å²) in [6.45, 7) is 2.15. The fraction of sp³-hybridized carbons (Fsp3) is 0.0435. The predicted octanol–water partition coefficient (Wildman–Crippen LogP) is 6.46. The van der Waals surface area contributed by atoms with Gasteiger partial charge in [0.1, 0.15) is 0 Å². The van der Waals surface area contributed by atoms with Gasteiger partial charge in [-0.1, -0.05) is 78.4 Å². The lowest BCUT2D eigenvalue weighted by atomic mass is 9.97. The molecular weight excluding hydrogens is 276 g/mol. The number of benzene rings is 4. The summed E-state index contributed by atoms with van der Waals surface area (Å²) in [7, 11) is 0. The molecule has 108 valence electrons. The van der Waals surface area contributed by atoms with E-state index in [1.165, 1.54) is 49.7 Å². The molecule has 0 aliphatic heterocycles. The van der Waals surface area contributed by atoms with Gasteiger partial charge in [0.2, 0.25) is 0 Å². The fourth-order valence-corrected chi connectivity index (χ4v) is 3.80. The highest BCUT2D eigenvalue weighted by Gasteiger charge is 2.21. The van der Waals surface area contributed by atoms with Crippen LogP contribution in [-0.4, -0.2) is 0 Å². The van der Waals surface area contributed by atoms with Crippen molar-refractivity contribution < 1.29 is 0 Å². The Balaban J connectivity index is 1.79. The van der Waals surface area contributed by atoms with Crippen molar-refractivity contribution in [3.8, 4) is 33.4 Å². The Labute approximate surface area is 136 Å². The maximum absolute atomic E-state index is 2.35. The maximum atomic E-state index is 2.35. The lowest BCUT2D eigenvalue weighted by Gasteiger charge is -2.07. The summed E-state index contributed by atoms with van der Waals surface area (Å²) in [4.78, 5) is 0. The van der Waals surface area contributed by atoms with E-state index in [0.717, 1.165) is 0 Å². The van der Waals surface area contributed by atoms with Crippen LogP contribution in [0.3, 0.4) is 0 Å². The van der Waals surface area contributed by atoms with Crippen LogP contribution in [0.5, 0.6) is 0 Å². The van der Waals surface area contributed by atoms with Gasteiger partial charge in [-0.05, 0) is 57.1 Å². The Kier molecular flexibility index (Phi) is 2.51. The molecule has 4 aromatic carbocycles. The zero-order valence-corrected chi connectivity index (χ0v) is 13.0. The third-order valence-electron chi connectivity index (χ3n) is 4.86. The second-order valence-corrected chi connectivity index (χ2v) is 6.34. The minimum Gasteiger partial charge on any atom is -0.0614 e. The van der Waals surface area contributed by atoms with Gasteiger partial charge in [0.15, 0.2) is 0 Å². The molecule has 0 bridgehead atoms. The normalized spacial score (nSPS) is 11.7. The Bertz CT molecular complexity index is 1070. The van der Waals surface area contributed by atoms with Gasteiger partial charge in [-0.3, -0.25) is 0 Å². The summed E-state index contributed by atoms with van der Waals surface area (Å²) in [5.74, 6) is 0. The van der Waals surface area contributed by atoms with E-state index >= 15 is 0 Å². The largest absolute Gasteiger partial charge is 0.0614 e. The van der Waals surface area contributed by atoms with E-state index in [1.54, 1.807) is 0 Å². The molecule has 0 nitrogen and oxygen atoms in total. The van der Waals surface area contributed by atoms with E-state index in [0.29, 0.717) is 0 Å². The second kappa shape index (κ2) is 4.57. The topological polar surface area (TPSA) is 0 Å². The lowest BCUT2D eigenvalue weighted by Crippen LogP contribution is -1.82. The summed E-state index contributed by atoms with van der Waals surface area (Å²) >= 11 is 0. The van der Waals surface area contributed by atoms with Crippen molar-refractivity contribution in [2.75, 3.05) is 0 Å². The van der Waals surface area contributed by atoms with Gasteiger partial charge in [0.25, 0.3) is 0 Å². The molecule has 1 aliphatic rings. The van der Waals surface area contributed by atoms with Gasteiger partial charge in [-0.25, -0.2) is 0 Å². The van der Waals surface area contributed by atoms with Crippen LogP contribution >= 0.6 is 0 Å². The molecule has 0 radical (unpaired) electrons. The molecule has 0 saturated heterocycles. The van der Waals surface area contributed by atoms with Crippen molar-refractivity contribution in [2.45, 2.75) is 6.92 Å². The summed E-state index contributed by atoms with van der Waals surface area (Å²) in [6, 6.07) is 28.8. The van der Waals surface area contributed by atoms with Crippen LogP contribution in [0, 0.1) is 6.92 Å². The number of rotatable bonds is 1. The zero-order chi connectivity index (χ0) is 15.4. The Morgan fingerprint density at radius 1 is 0.522 bits per heavy atom. The molecule has 1 aliphatic carbocycles. The first kappa shape index (κ1) is 12.7. The summed E-state index contributed by atoms with van der Waals surface area (Å²) in [5, 5.41) is 2.72. The molecule has 0 unspecified atom stereocenters. The maximum Gasteiger partial charge on any atom is -0.00264 e. The van der Waals surface area contributed by atoms with Gasteiger partial charge in [0.05, 0.1) is 0 Å². The van der Waals surface area contributed by atoms with Crippen molar-refractivity contribution in [3.05, 3.63) is 84.4 Å². The monoisotopic (exact) mass is 292 g/mol. The van der Waals surface area contributed by atoms with E-state index in [9.17, 15) is 0 Å². The first-order chi connectivity index (χ1) is 11.3. The molecule has 5 rings (SSSR count). The van der Waals surface area contributed by atoms with Crippen LogP contribution in [0.4, 0.5) is 0 Å². The molecule has 0 spiro atoms. The number of aryl methyl sites for hydroxylation is 1. The first-order valence-corrected chi connectivity index (χ1v) is 8.05. The molecule has 23 heavy (non-hydrogen) atoms. The highest BCUT2D eigenvalue weighted by molar-refractivity contribution is 6.15. The standard InChI is InChI=1S/C23H16/c1-15-5-2-8-17(13-15)18-11-12-19-20-9-3-6-16-7-4-10-21(23(16)20)22(19)14-18/h2-14H,1H3. The van der Waals surface area contributed by atoms with Gasteiger partial charge in [0, 0.05) is 0 Å². The number of fused-ring (bicyclic) bond motifs is 3. The van der Waals surface area contributed by atoms with Crippen LogP contribution in [0.15, 0.2) is 78.9 Å². The molecule has 0 heterocycles. The highest BCUT2D eigenvalue weighted by Crippen LogP contribution is 2.48. The lowest BCUT2D eigenvalue weighted by molar-refractivity contribution is 1.47. The van der Waals surface area contributed by atoms with Gasteiger partial charge < -0.3 is 0 Å². The third kappa shape index (κ3) is 1.78. The van der Waals surface area contributed by atoms with Gasteiger partial charge >= 0.3 is 0 Å². The summed E-state index contributed by atoms with van der Waals surface area (Å²) in [6.07, 6.45) is 0. The molecule has 0 atom stereocenters. The molecular formula is C23H16. The van der Waals surface area contributed by atoms with Crippen LogP contribution < -0.4 is 0 Å². The van der Waals surface area contributed by atoms with Crippen LogP contribution in [0.1, 0.15) is 5.56 Å². The van der Waals surface area contributed by atoms with Crippen molar-refractivity contribution in [1.82, 2.24) is 0 Å². The average Bonchev–Trinajstić information content (AvgIpc) is 2.91. The SMILES string of the molecule is Cc1cccc(-c2ccc3c(c2)-c2cccc4cccc-3c24)c1. The summed E-state index contributed by atoms with van der Waals surface area (Å²) < 4.78 is 0. The molecule has 0 saturated carbocycles. The molecule has 0 heteroatoms. The van der Waals surface area contributed by atoms with E-state index in [4.69, 9.17) is 0 Å². The zero-order valence-electron chi connectivity index (χ0n) is 13.0. The van der Waals surface area contributed by atoms with Crippen molar-refractivity contribution in [3.63, 3.8) is 0 Å². The minimum absolute atomic E-state index is 1.29. The Morgan fingerprint density at radius 2 is 1.22 bits per heavy atom. The predicted molar refractivity (Wildman–Crippen MR) is 98.6 cm³/mol. The van der Waals surface area contributed by atoms with Crippen molar-refractivity contribution in [1.29, 1.82) is 0 Å². The van der Waals surface area contributed by atoms with Crippen LogP contribution in [0.25, 0.3) is 44.2 Å². The Morgan fingerprint density at radius 3 is 2.00 bits per heavy atom. The van der Waals surface area contributed by atoms with E-state index < -0.39 is 0 Å².